The van der Waals surface area contributed by atoms with Gasteiger partial charge < -0.3 is 0 Å². The predicted molar refractivity (Wildman–Crippen MR) is 78.5 cm³/mol. The summed E-state index contributed by atoms with van der Waals surface area (Å²) in [6, 6.07) is 15.2. The molecule has 0 atom stereocenters. The van der Waals surface area contributed by atoms with Gasteiger partial charge in [0.15, 0.2) is 0 Å². The molecule has 0 saturated heterocycles. The smallest absolute Gasteiger partial charge is 0.0181 e. The summed E-state index contributed by atoms with van der Waals surface area (Å²) >= 11 is 0. The highest BCUT2D eigenvalue weighted by molar-refractivity contribution is 5.82. The summed E-state index contributed by atoms with van der Waals surface area (Å²) in [5.41, 5.74) is 1.45. The number of rotatable bonds is 2. The SMILES string of the molecule is CC(C)C.CCCc1ccc2ccccc2c1. The minimum absolute atomic E-state index is 0.833. The highest BCUT2D eigenvalue weighted by Crippen LogP contribution is 2.16. The van der Waals surface area contributed by atoms with Crippen LogP contribution in [0.25, 0.3) is 10.8 Å². The molecule has 2 aromatic carbocycles. The van der Waals surface area contributed by atoms with Crippen LogP contribution >= 0.6 is 0 Å². The largest absolute Gasteiger partial charge is 0.0651 e. The van der Waals surface area contributed by atoms with Crippen LogP contribution in [0.5, 0.6) is 0 Å². The lowest BCUT2D eigenvalue weighted by atomic mass is 10.0. The zero-order valence-corrected chi connectivity index (χ0v) is 11.5. The van der Waals surface area contributed by atoms with Crippen molar-refractivity contribution in [1.29, 1.82) is 0 Å². The van der Waals surface area contributed by atoms with Crippen molar-refractivity contribution in [1.82, 2.24) is 0 Å². The molecule has 0 N–H and O–H groups in total. The molecule has 0 aliphatic rings. The first-order valence-corrected chi connectivity index (χ1v) is 6.61. The third-order valence-corrected chi connectivity index (χ3v) is 2.35. The van der Waals surface area contributed by atoms with Crippen LogP contribution in [0.3, 0.4) is 0 Å². The van der Waals surface area contributed by atoms with E-state index in [1.54, 1.807) is 0 Å². The van der Waals surface area contributed by atoms with Crippen molar-refractivity contribution >= 4 is 10.8 Å². The van der Waals surface area contributed by atoms with Crippen LogP contribution in [-0.4, -0.2) is 0 Å². The molecule has 0 aromatic heterocycles. The predicted octanol–water partition coefficient (Wildman–Crippen LogP) is 5.45. The zero-order valence-electron chi connectivity index (χ0n) is 11.5. The number of benzene rings is 2. The fourth-order valence-electron chi connectivity index (χ4n) is 1.68. The molecule has 0 nitrogen and oxygen atoms in total. The maximum atomic E-state index is 2.29. The lowest BCUT2D eigenvalue weighted by Gasteiger charge is -2.01. The van der Waals surface area contributed by atoms with E-state index in [0.717, 1.165) is 5.92 Å². The Bertz CT molecular complexity index is 438. The van der Waals surface area contributed by atoms with Crippen molar-refractivity contribution in [2.75, 3.05) is 0 Å². The molecule has 0 heteroatoms. The van der Waals surface area contributed by atoms with Crippen LogP contribution < -0.4 is 0 Å². The molecule has 0 aliphatic carbocycles. The van der Waals surface area contributed by atoms with E-state index >= 15 is 0 Å². The molecular formula is C17H24. The van der Waals surface area contributed by atoms with Gasteiger partial charge in [0.1, 0.15) is 0 Å². The molecule has 2 aromatic rings. The second kappa shape index (κ2) is 7.11. The molecule has 0 saturated carbocycles. The van der Waals surface area contributed by atoms with E-state index in [4.69, 9.17) is 0 Å². The molecule has 0 aliphatic heterocycles. The summed E-state index contributed by atoms with van der Waals surface area (Å²) in [7, 11) is 0. The van der Waals surface area contributed by atoms with E-state index in [0.29, 0.717) is 0 Å². The Morgan fingerprint density at radius 3 is 2.06 bits per heavy atom. The van der Waals surface area contributed by atoms with Crippen molar-refractivity contribution in [3.63, 3.8) is 0 Å². The monoisotopic (exact) mass is 228 g/mol. The molecule has 0 heterocycles. The normalized spacial score (nSPS) is 10.2. The van der Waals surface area contributed by atoms with Crippen LogP contribution in [0.1, 0.15) is 39.7 Å². The van der Waals surface area contributed by atoms with E-state index in [2.05, 4.69) is 70.2 Å². The van der Waals surface area contributed by atoms with Gasteiger partial charge >= 0.3 is 0 Å². The Balaban J connectivity index is 0.000000317. The Hall–Kier alpha value is -1.30. The minimum Gasteiger partial charge on any atom is -0.0651 e. The van der Waals surface area contributed by atoms with Crippen LogP contribution in [0.2, 0.25) is 0 Å². The molecule has 0 spiro atoms. The topological polar surface area (TPSA) is 0 Å². The van der Waals surface area contributed by atoms with Crippen molar-refractivity contribution in [3.8, 4) is 0 Å². The maximum absolute atomic E-state index is 2.29. The van der Waals surface area contributed by atoms with E-state index in [9.17, 15) is 0 Å². The fraction of sp³-hybridized carbons (Fsp3) is 0.412. The summed E-state index contributed by atoms with van der Waals surface area (Å²) in [5.74, 6) is 0.833. The van der Waals surface area contributed by atoms with Crippen molar-refractivity contribution in [3.05, 3.63) is 48.0 Å². The standard InChI is InChI=1S/C13H14.C4H10/c1-2-5-11-8-9-12-6-3-4-7-13(12)10-11;1-4(2)3/h3-4,6-10H,2,5H2,1H3;4H,1-3H3. The van der Waals surface area contributed by atoms with Gasteiger partial charge in [-0.25, -0.2) is 0 Å². The van der Waals surface area contributed by atoms with Gasteiger partial charge in [-0.3, -0.25) is 0 Å². The van der Waals surface area contributed by atoms with Crippen LogP contribution in [0.4, 0.5) is 0 Å². The van der Waals surface area contributed by atoms with Crippen molar-refractivity contribution in [2.45, 2.75) is 40.5 Å². The zero-order chi connectivity index (χ0) is 12.7. The van der Waals surface area contributed by atoms with E-state index < -0.39 is 0 Å². The van der Waals surface area contributed by atoms with Gasteiger partial charge in [0, 0.05) is 0 Å². The van der Waals surface area contributed by atoms with Crippen LogP contribution in [0, 0.1) is 5.92 Å². The van der Waals surface area contributed by atoms with Gasteiger partial charge in [-0.2, -0.15) is 0 Å². The van der Waals surface area contributed by atoms with Crippen molar-refractivity contribution < 1.29 is 0 Å². The van der Waals surface area contributed by atoms with E-state index in [1.807, 2.05) is 0 Å². The maximum Gasteiger partial charge on any atom is -0.0181 e. The summed E-state index contributed by atoms with van der Waals surface area (Å²) < 4.78 is 0. The van der Waals surface area contributed by atoms with Gasteiger partial charge in [0.05, 0.1) is 0 Å². The highest BCUT2D eigenvalue weighted by Gasteiger charge is 1.93. The first-order valence-electron chi connectivity index (χ1n) is 6.61. The first kappa shape index (κ1) is 13.8. The van der Waals surface area contributed by atoms with E-state index in [-0.39, 0.29) is 0 Å². The first-order chi connectivity index (χ1) is 8.13. The lowest BCUT2D eigenvalue weighted by molar-refractivity contribution is 0.737. The number of hydrogen-bond donors (Lipinski definition) is 0. The Kier molecular flexibility index (Phi) is 5.76. The average Bonchev–Trinajstić information content (AvgIpc) is 2.29. The minimum atomic E-state index is 0.833. The van der Waals surface area contributed by atoms with Gasteiger partial charge in [-0.1, -0.05) is 76.6 Å². The fourth-order valence-corrected chi connectivity index (χ4v) is 1.68. The summed E-state index contributed by atoms with van der Waals surface area (Å²) in [6.07, 6.45) is 2.41. The van der Waals surface area contributed by atoms with E-state index in [1.165, 1.54) is 29.2 Å². The molecule has 0 amide bonds. The molecule has 92 valence electrons. The molecular weight excluding hydrogens is 204 g/mol. The Morgan fingerprint density at radius 2 is 1.47 bits per heavy atom. The van der Waals surface area contributed by atoms with Crippen LogP contribution in [-0.2, 0) is 6.42 Å². The molecule has 2 rings (SSSR count). The van der Waals surface area contributed by atoms with Gasteiger partial charge in [-0.05, 0) is 28.7 Å². The lowest BCUT2D eigenvalue weighted by Crippen LogP contribution is -1.82. The van der Waals surface area contributed by atoms with Crippen LogP contribution in [0.15, 0.2) is 42.5 Å². The summed E-state index contributed by atoms with van der Waals surface area (Å²) in [6.45, 7) is 8.72. The van der Waals surface area contributed by atoms with Gasteiger partial charge in [0.25, 0.3) is 0 Å². The molecule has 0 unspecified atom stereocenters. The van der Waals surface area contributed by atoms with Crippen molar-refractivity contribution in [2.24, 2.45) is 5.92 Å². The summed E-state index contributed by atoms with van der Waals surface area (Å²) in [5, 5.41) is 2.69. The number of fused-ring (bicyclic) bond motifs is 1. The third kappa shape index (κ3) is 5.04. The number of hydrogen-bond acceptors (Lipinski definition) is 0. The number of aryl methyl sites for hydroxylation is 1. The molecule has 0 radical (unpaired) electrons. The van der Waals surface area contributed by atoms with Gasteiger partial charge in [-0.15, -0.1) is 0 Å². The average molecular weight is 228 g/mol. The molecule has 0 fully saturated rings. The molecule has 0 bridgehead atoms. The second-order valence-corrected chi connectivity index (χ2v) is 5.16. The van der Waals surface area contributed by atoms with Gasteiger partial charge in [0.2, 0.25) is 0 Å². The summed E-state index contributed by atoms with van der Waals surface area (Å²) in [4.78, 5) is 0. The Labute approximate surface area is 106 Å². The molecule has 17 heavy (non-hydrogen) atoms. The second-order valence-electron chi connectivity index (χ2n) is 5.16. The quantitative estimate of drug-likeness (QED) is 0.640. The highest BCUT2D eigenvalue weighted by atomic mass is 14.0. The third-order valence-electron chi connectivity index (χ3n) is 2.35. The Morgan fingerprint density at radius 1 is 0.882 bits per heavy atom.